The molecule has 1 aliphatic rings. The topological polar surface area (TPSA) is 81.9 Å². The molecule has 140 valence electrons. The molecule has 1 saturated heterocycles. The van der Waals surface area contributed by atoms with Crippen molar-refractivity contribution in [3.63, 3.8) is 0 Å². The Kier molecular flexibility index (Phi) is 6.61. The van der Waals surface area contributed by atoms with E-state index in [4.69, 9.17) is 16.9 Å². The van der Waals surface area contributed by atoms with Gasteiger partial charge in [0.1, 0.15) is 6.07 Å². The Bertz CT molecular complexity index is 827. The van der Waals surface area contributed by atoms with E-state index in [9.17, 15) is 4.79 Å². The van der Waals surface area contributed by atoms with Gasteiger partial charge < -0.3 is 10.2 Å². The number of aromatic nitrogens is 2. The van der Waals surface area contributed by atoms with Gasteiger partial charge in [-0.15, -0.1) is 0 Å². The summed E-state index contributed by atoms with van der Waals surface area (Å²) in [6, 6.07) is 9.71. The number of amides is 1. The van der Waals surface area contributed by atoms with Crippen LogP contribution in [0.4, 0.5) is 5.82 Å². The molecule has 1 aliphatic heterocycles. The van der Waals surface area contributed by atoms with Crippen molar-refractivity contribution >= 4 is 23.3 Å². The Labute approximate surface area is 164 Å². The molecule has 3 rings (SSSR count). The number of hydrogen-bond acceptors (Lipinski definition) is 5. The average molecular weight is 384 g/mol. The van der Waals surface area contributed by atoms with Gasteiger partial charge in [0.15, 0.2) is 11.5 Å². The van der Waals surface area contributed by atoms with Crippen LogP contribution in [0, 0.1) is 17.2 Å². The fraction of sp³-hybridized carbons (Fsp3) is 0.400. The lowest BCUT2D eigenvalue weighted by Gasteiger charge is -2.32. The van der Waals surface area contributed by atoms with Crippen LogP contribution in [0.2, 0.25) is 5.02 Å². The van der Waals surface area contributed by atoms with E-state index in [1.54, 1.807) is 6.20 Å². The molecule has 1 N–H and O–H groups in total. The molecule has 0 spiro atoms. The molecule has 2 aromatic rings. The fourth-order valence-electron chi connectivity index (χ4n) is 3.29. The lowest BCUT2D eigenvalue weighted by molar-refractivity contribution is -0.121. The normalized spacial score (nSPS) is 14.6. The molecule has 0 bridgehead atoms. The first kappa shape index (κ1) is 19.1. The first-order valence-corrected chi connectivity index (χ1v) is 9.50. The highest BCUT2D eigenvalue weighted by Crippen LogP contribution is 2.23. The van der Waals surface area contributed by atoms with Gasteiger partial charge in [0, 0.05) is 43.5 Å². The molecule has 1 aromatic heterocycles. The highest BCUT2D eigenvalue weighted by molar-refractivity contribution is 6.30. The summed E-state index contributed by atoms with van der Waals surface area (Å²) >= 11 is 5.97. The number of halogens is 1. The predicted octanol–water partition coefficient (Wildman–Crippen LogP) is 2.97. The first-order valence-electron chi connectivity index (χ1n) is 9.13. The summed E-state index contributed by atoms with van der Waals surface area (Å²) in [6.07, 6.45) is 6.21. The molecule has 2 heterocycles. The second-order valence-corrected chi connectivity index (χ2v) is 7.14. The third-order valence-corrected chi connectivity index (χ3v) is 5.05. The highest BCUT2D eigenvalue weighted by atomic mass is 35.5. The summed E-state index contributed by atoms with van der Waals surface area (Å²) < 4.78 is 0. The molecule has 0 aliphatic carbocycles. The predicted molar refractivity (Wildman–Crippen MR) is 104 cm³/mol. The van der Waals surface area contributed by atoms with Crippen LogP contribution in [0.3, 0.4) is 0 Å². The smallest absolute Gasteiger partial charge is 0.220 e. The largest absolute Gasteiger partial charge is 0.356 e. The molecule has 7 heteroatoms. The zero-order valence-electron chi connectivity index (χ0n) is 15.1. The van der Waals surface area contributed by atoms with Crippen molar-refractivity contribution in [2.24, 2.45) is 5.92 Å². The lowest BCUT2D eigenvalue weighted by atomic mass is 9.96. The zero-order valence-corrected chi connectivity index (χ0v) is 15.8. The molecule has 1 amide bonds. The summed E-state index contributed by atoms with van der Waals surface area (Å²) in [7, 11) is 0. The Morgan fingerprint density at radius 1 is 1.30 bits per heavy atom. The molecular weight excluding hydrogens is 362 g/mol. The number of nitrogens with zero attached hydrogens (tertiary/aromatic N) is 4. The number of nitriles is 1. The number of rotatable bonds is 6. The van der Waals surface area contributed by atoms with Crippen molar-refractivity contribution in [3.05, 3.63) is 52.9 Å². The highest BCUT2D eigenvalue weighted by Gasteiger charge is 2.22. The average Bonchev–Trinajstić information content (AvgIpc) is 2.71. The third-order valence-electron chi connectivity index (χ3n) is 4.82. The Morgan fingerprint density at radius 2 is 2.07 bits per heavy atom. The minimum Gasteiger partial charge on any atom is -0.356 e. The Balaban J connectivity index is 1.40. The van der Waals surface area contributed by atoms with Crippen LogP contribution < -0.4 is 10.2 Å². The third kappa shape index (κ3) is 5.41. The molecular formula is C20H22ClN5O. The second kappa shape index (κ2) is 9.33. The van der Waals surface area contributed by atoms with Crippen LogP contribution in [0.5, 0.6) is 0 Å². The van der Waals surface area contributed by atoms with E-state index in [0.29, 0.717) is 41.8 Å². The number of hydrogen-bond donors (Lipinski definition) is 1. The second-order valence-electron chi connectivity index (χ2n) is 6.70. The maximum atomic E-state index is 12.1. The molecule has 1 fully saturated rings. The molecule has 1 aromatic carbocycles. The number of aryl methyl sites for hydroxylation is 1. The van der Waals surface area contributed by atoms with Crippen LogP contribution in [-0.4, -0.2) is 35.5 Å². The summed E-state index contributed by atoms with van der Waals surface area (Å²) in [4.78, 5) is 22.6. The van der Waals surface area contributed by atoms with Crippen molar-refractivity contribution in [1.29, 1.82) is 5.26 Å². The lowest BCUT2D eigenvalue weighted by Crippen LogP contribution is -2.39. The van der Waals surface area contributed by atoms with E-state index in [1.807, 2.05) is 24.3 Å². The Hall–Kier alpha value is -2.65. The molecule has 27 heavy (non-hydrogen) atoms. The van der Waals surface area contributed by atoms with E-state index >= 15 is 0 Å². The van der Waals surface area contributed by atoms with Crippen molar-refractivity contribution in [3.8, 4) is 6.07 Å². The van der Waals surface area contributed by atoms with E-state index in [-0.39, 0.29) is 5.91 Å². The van der Waals surface area contributed by atoms with E-state index < -0.39 is 0 Å². The maximum Gasteiger partial charge on any atom is 0.220 e. The summed E-state index contributed by atoms with van der Waals surface area (Å²) in [5, 5.41) is 12.9. The molecule has 0 radical (unpaired) electrons. The van der Waals surface area contributed by atoms with Crippen molar-refractivity contribution < 1.29 is 4.79 Å². The van der Waals surface area contributed by atoms with Gasteiger partial charge in [-0.1, -0.05) is 23.7 Å². The van der Waals surface area contributed by atoms with Gasteiger partial charge in [-0.2, -0.15) is 5.26 Å². The van der Waals surface area contributed by atoms with Crippen LogP contribution >= 0.6 is 11.6 Å². The van der Waals surface area contributed by atoms with Crippen molar-refractivity contribution in [1.82, 2.24) is 15.3 Å². The minimum absolute atomic E-state index is 0.0677. The molecule has 0 atom stereocenters. The summed E-state index contributed by atoms with van der Waals surface area (Å²) in [5.41, 5.74) is 1.44. The number of piperidine rings is 1. The number of carbonyl (C=O) groups excluding carboxylic acids is 1. The quantitative estimate of drug-likeness (QED) is 0.829. The Morgan fingerprint density at radius 3 is 2.81 bits per heavy atom. The molecule has 0 unspecified atom stereocenters. The van der Waals surface area contributed by atoms with E-state index in [0.717, 1.165) is 31.5 Å². The monoisotopic (exact) mass is 383 g/mol. The van der Waals surface area contributed by atoms with Gasteiger partial charge in [0.25, 0.3) is 0 Å². The number of benzene rings is 1. The zero-order chi connectivity index (χ0) is 19.1. The van der Waals surface area contributed by atoms with Crippen molar-refractivity contribution in [2.45, 2.75) is 25.7 Å². The summed E-state index contributed by atoms with van der Waals surface area (Å²) in [6.45, 7) is 2.32. The van der Waals surface area contributed by atoms with Gasteiger partial charge in [-0.25, -0.2) is 9.97 Å². The van der Waals surface area contributed by atoms with Gasteiger partial charge in [0.2, 0.25) is 5.91 Å². The van der Waals surface area contributed by atoms with Crippen LogP contribution in [0.15, 0.2) is 36.7 Å². The minimum atomic E-state index is 0.0677. The maximum absolute atomic E-state index is 12.1. The van der Waals surface area contributed by atoms with Gasteiger partial charge in [0.05, 0.1) is 0 Å². The van der Waals surface area contributed by atoms with Crippen molar-refractivity contribution in [2.75, 3.05) is 24.5 Å². The van der Waals surface area contributed by atoms with Crippen LogP contribution in [-0.2, 0) is 11.2 Å². The van der Waals surface area contributed by atoms with E-state index in [1.165, 1.54) is 6.20 Å². The number of carbonyl (C=O) groups is 1. The van der Waals surface area contributed by atoms with Gasteiger partial charge in [-0.3, -0.25) is 4.79 Å². The summed E-state index contributed by atoms with van der Waals surface area (Å²) in [5.74, 6) is 1.17. The number of nitrogens with one attached hydrogen (secondary N) is 1. The molecule has 0 saturated carbocycles. The number of anilines is 1. The standard InChI is InChI=1S/C20H22ClN5O/c21-17-3-1-2-15(12-17)4-5-19(27)25-14-16-6-10-26(11-7-16)20-18(13-22)23-8-9-24-20/h1-3,8-9,12,16H,4-7,10-11,14H2,(H,25,27). The van der Waals surface area contributed by atoms with E-state index in [2.05, 4.69) is 26.3 Å². The van der Waals surface area contributed by atoms with Gasteiger partial charge >= 0.3 is 0 Å². The first-order chi connectivity index (χ1) is 13.2. The van der Waals surface area contributed by atoms with Gasteiger partial charge in [-0.05, 0) is 42.9 Å². The molecule has 6 nitrogen and oxygen atoms in total. The fourth-order valence-corrected chi connectivity index (χ4v) is 3.50. The van der Waals surface area contributed by atoms with Crippen LogP contribution in [0.25, 0.3) is 0 Å². The SMILES string of the molecule is N#Cc1nccnc1N1CCC(CNC(=O)CCc2cccc(Cl)c2)CC1. The van der Waals surface area contributed by atoms with Crippen LogP contribution in [0.1, 0.15) is 30.5 Å².